The highest BCUT2D eigenvalue weighted by atomic mass is 35.5. The molecule has 0 aliphatic rings. The van der Waals surface area contributed by atoms with Crippen LogP contribution in [-0.2, 0) is 20.7 Å². The highest BCUT2D eigenvalue weighted by Gasteiger charge is 2.12. The van der Waals surface area contributed by atoms with Crippen molar-refractivity contribution >= 4 is 35.0 Å². The predicted molar refractivity (Wildman–Crippen MR) is 71.0 cm³/mol. The predicted octanol–water partition coefficient (Wildman–Crippen LogP) is 3.45. The van der Waals surface area contributed by atoms with Gasteiger partial charge in [0, 0.05) is 22.9 Å². The topological polar surface area (TPSA) is 43.4 Å². The summed E-state index contributed by atoms with van der Waals surface area (Å²) in [5, 5.41) is 0.930. The van der Waals surface area contributed by atoms with E-state index in [2.05, 4.69) is 0 Å². The van der Waals surface area contributed by atoms with E-state index in [1.165, 1.54) is 0 Å². The lowest BCUT2D eigenvalue weighted by molar-refractivity contribution is -0.144. The number of esters is 1. The summed E-state index contributed by atoms with van der Waals surface area (Å²) in [5.74, 6) is -0.450. The molecule has 0 aliphatic carbocycles. The SMILES string of the molecule is CCOC(=O)CCC(=O)Cc1c(Cl)cccc1Cl. The maximum atomic E-state index is 11.7. The van der Waals surface area contributed by atoms with Crippen LogP contribution in [0.2, 0.25) is 10.0 Å². The Bertz CT molecular complexity index is 424. The van der Waals surface area contributed by atoms with Crippen molar-refractivity contribution in [2.75, 3.05) is 6.61 Å². The van der Waals surface area contributed by atoms with E-state index in [0.29, 0.717) is 22.2 Å². The zero-order valence-corrected chi connectivity index (χ0v) is 11.6. The number of hydrogen-bond acceptors (Lipinski definition) is 3. The van der Waals surface area contributed by atoms with Crippen molar-refractivity contribution in [2.24, 2.45) is 0 Å². The number of Topliss-reactive ketones (excluding diaryl/α,β-unsaturated/α-hetero) is 1. The molecule has 0 saturated carbocycles. The molecule has 98 valence electrons. The molecule has 18 heavy (non-hydrogen) atoms. The molecule has 0 bridgehead atoms. The molecule has 1 aromatic rings. The van der Waals surface area contributed by atoms with Crippen LogP contribution in [0.25, 0.3) is 0 Å². The van der Waals surface area contributed by atoms with Crippen molar-refractivity contribution in [1.29, 1.82) is 0 Å². The Morgan fingerprint density at radius 2 is 1.78 bits per heavy atom. The Morgan fingerprint density at radius 3 is 2.33 bits per heavy atom. The van der Waals surface area contributed by atoms with Gasteiger partial charge in [0.05, 0.1) is 13.0 Å². The average Bonchev–Trinajstić information content (AvgIpc) is 2.32. The first-order valence-corrected chi connectivity index (χ1v) is 6.40. The van der Waals surface area contributed by atoms with Crippen LogP contribution in [0.3, 0.4) is 0 Å². The first-order chi connectivity index (χ1) is 8.54. The fourth-order valence-electron chi connectivity index (χ4n) is 1.46. The van der Waals surface area contributed by atoms with Gasteiger partial charge < -0.3 is 4.74 Å². The molecular weight excluding hydrogens is 275 g/mol. The van der Waals surface area contributed by atoms with Gasteiger partial charge in [-0.1, -0.05) is 29.3 Å². The molecule has 0 amide bonds. The number of carbonyl (C=O) groups is 2. The molecule has 0 N–H and O–H groups in total. The summed E-state index contributed by atoms with van der Waals surface area (Å²) in [6.45, 7) is 2.05. The van der Waals surface area contributed by atoms with Gasteiger partial charge in [0.25, 0.3) is 0 Å². The lowest BCUT2D eigenvalue weighted by atomic mass is 10.1. The third-order valence-electron chi connectivity index (χ3n) is 2.35. The molecule has 1 rings (SSSR count). The molecule has 3 nitrogen and oxygen atoms in total. The van der Waals surface area contributed by atoms with Crippen LogP contribution < -0.4 is 0 Å². The van der Waals surface area contributed by atoms with E-state index >= 15 is 0 Å². The van der Waals surface area contributed by atoms with Crippen molar-refractivity contribution in [2.45, 2.75) is 26.2 Å². The van der Waals surface area contributed by atoms with Gasteiger partial charge in [-0.15, -0.1) is 0 Å². The second-order valence-electron chi connectivity index (χ2n) is 3.72. The number of hydrogen-bond donors (Lipinski definition) is 0. The van der Waals surface area contributed by atoms with Crippen molar-refractivity contribution in [3.8, 4) is 0 Å². The second kappa shape index (κ2) is 7.39. The third-order valence-corrected chi connectivity index (χ3v) is 3.06. The fraction of sp³-hybridized carbons (Fsp3) is 0.385. The highest BCUT2D eigenvalue weighted by Crippen LogP contribution is 2.25. The van der Waals surface area contributed by atoms with E-state index in [9.17, 15) is 9.59 Å². The van der Waals surface area contributed by atoms with E-state index < -0.39 is 0 Å². The largest absolute Gasteiger partial charge is 0.466 e. The van der Waals surface area contributed by atoms with Crippen LogP contribution in [0.4, 0.5) is 0 Å². The van der Waals surface area contributed by atoms with Crippen molar-refractivity contribution in [3.05, 3.63) is 33.8 Å². The summed E-state index contributed by atoms with van der Waals surface area (Å²) < 4.78 is 4.75. The maximum Gasteiger partial charge on any atom is 0.306 e. The van der Waals surface area contributed by atoms with Gasteiger partial charge in [-0.25, -0.2) is 0 Å². The number of ketones is 1. The summed E-state index contributed by atoms with van der Waals surface area (Å²) >= 11 is 11.9. The van der Waals surface area contributed by atoms with Gasteiger partial charge in [-0.2, -0.15) is 0 Å². The quantitative estimate of drug-likeness (QED) is 0.753. The minimum atomic E-state index is -0.365. The molecule has 0 unspecified atom stereocenters. The Hall–Kier alpha value is -1.06. The van der Waals surface area contributed by atoms with E-state index in [-0.39, 0.29) is 31.0 Å². The fourth-order valence-corrected chi connectivity index (χ4v) is 1.99. The van der Waals surface area contributed by atoms with Crippen molar-refractivity contribution in [1.82, 2.24) is 0 Å². The molecule has 0 aliphatic heterocycles. The lowest BCUT2D eigenvalue weighted by Crippen LogP contribution is -2.09. The third kappa shape index (κ3) is 4.67. The van der Waals surface area contributed by atoms with Gasteiger partial charge in [0.2, 0.25) is 0 Å². The minimum absolute atomic E-state index is 0.0851. The van der Waals surface area contributed by atoms with Crippen molar-refractivity contribution < 1.29 is 14.3 Å². The maximum absolute atomic E-state index is 11.7. The van der Waals surface area contributed by atoms with Gasteiger partial charge in [-0.05, 0) is 24.6 Å². The van der Waals surface area contributed by atoms with Crippen molar-refractivity contribution in [3.63, 3.8) is 0 Å². The number of ether oxygens (including phenoxy) is 1. The van der Waals surface area contributed by atoms with E-state index in [0.717, 1.165) is 0 Å². The second-order valence-corrected chi connectivity index (χ2v) is 4.54. The molecular formula is C13H14Cl2O3. The van der Waals surface area contributed by atoms with Crippen LogP contribution in [0.15, 0.2) is 18.2 Å². The number of benzene rings is 1. The molecule has 0 saturated heterocycles. The minimum Gasteiger partial charge on any atom is -0.466 e. The first kappa shape index (κ1) is 15.0. The Morgan fingerprint density at radius 1 is 1.17 bits per heavy atom. The Balaban J connectivity index is 2.52. The van der Waals surface area contributed by atoms with Crippen LogP contribution in [-0.4, -0.2) is 18.4 Å². The first-order valence-electron chi connectivity index (χ1n) is 5.64. The zero-order valence-electron chi connectivity index (χ0n) is 10.0. The summed E-state index contributed by atoms with van der Waals surface area (Å²) in [5.41, 5.74) is 0.606. The van der Waals surface area contributed by atoms with Crippen LogP contribution in [0.1, 0.15) is 25.3 Å². The molecule has 0 radical (unpaired) electrons. The number of rotatable bonds is 6. The lowest BCUT2D eigenvalue weighted by Gasteiger charge is -2.06. The Kier molecular flexibility index (Phi) is 6.16. The van der Waals surface area contributed by atoms with E-state index in [1.54, 1.807) is 25.1 Å². The smallest absolute Gasteiger partial charge is 0.306 e. The van der Waals surface area contributed by atoms with Gasteiger partial charge in [0.15, 0.2) is 0 Å². The Labute approximate surface area is 116 Å². The van der Waals surface area contributed by atoms with Crippen LogP contribution in [0, 0.1) is 0 Å². The normalized spacial score (nSPS) is 10.2. The number of carbonyl (C=O) groups excluding carboxylic acids is 2. The molecule has 0 atom stereocenters. The highest BCUT2D eigenvalue weighted by molar-refractivity contribution is 6.36. The average molecular weight is 289 g/mol. The molecule has 5 heteroatoms. The molecule has 0 fully saturated rings. The summed E-state index contributed by atoms with van der Waals surface area (Å²) in [7, 11) is 0. The zero-order chi connectivity index (χ0) is 13.5. The van der Waals surface area contributed by atoms with Gasteiger partial charge >= 0.3 is 5.97 Å². The summed E-state index contributed by atoms with van der Waals surface area (Å²) in [4.78, 5) is 22.8. The standard InChI is InChI=1S/C13H14Cl2O3/c1-2-18-13(17)7-6-9(16)8-10-11(14)4-3-5-12(10)15/h3-5H,2,6-8H2,1H3. The van der Waals surface area contributed by atoms with E-state index in [1.807, 2.05) is 0 Å². The van der Waals surface area contributed by atoms with Gasteiger partial charge in [-0.3, -0.25) is 9.59 Å². The monoisotopic (exact) mass is 288 g/mol. The molecule has 1 aromatic carbocycles. The number of halogens is 2. The van der Waals surface area contributed by atoms with Gasteiger partial charge in [0.1, 0.15) is 5.78 Å². The molecule has 0 heterocycles. The summed E-state index contributed by atoms with van der Waals surface area (Å²) in [6, 6.07) is 5.08. The van der Waals surface area contributed by atoms with Crippen LogP contribution in [0.5, 0.6) is 0 Å². The molecule has 0 aromatic heterocycles. The molecule has 0 spiro atoms. The van der Waals surface area contributed by atoms with E-state index in [4.69, 9.17) is 27.9 Å². The van der Waals surface area contributed by atoms with Crippen LogP contribution >= 0.6 is 23.2 Å². The summed E-state index contributed by atoms with van der Waals surface area (Å²) in [6.07, 6.45) is 0.368.